The summed E-state index contributed by atoms with van der Waals surface area (Å²) in [7, 11) is 0. The number of hydrogen-bond donors (Lipinski definition) is 0. The van der Waals surface area contributed by atoms with Gasteiger partial charge in [-0.3, -0.25) is 0 Å². The molecule has 0 bridgehead atoms. The molecule has 1 aliphatic heterocycles. The van der Waals surface area contributed by atoms with Crippen LogP contribution in [0.4, 0.5) is 0 Å². The first kappa shape index (κ1) is 10.5. The summed E-state index contributed by atoms with van der Waals surface area (Å²) in [6.45, 7) is 2.09. The molecule has 4 rings (SSSR count). The van der Waals surface area contributed by atoms with Gasteiger partial charge >= 0.3 is 0 Å². The number of ether oxygens (including phenoxy) is 1. The minimum absolute atomic E-state index is 0.258. The Morgan fingerprint density at radius 2 is 2.21 bits per heavy atom. The third kappa shape index (κ3) is 1.58. The fourth-order valence-electron chi connectivity index (χ4n) is 2.54. The molecule has 0 spiro atoms. The van der Waals surface area contributed by atoms with Gasteiger partial charge in [0.15, 0.2) is 0 Å². The van der Waals surface area contributed by atoms with Gasteiger partial charge in [0.05, 0.1) is 5.69 Å². The van der Waals surface area contributed by atoms with Crippen LogP contribution in [0.2, 0.25) is 0 Å². The van der Waals surface area contributed by atoms with Gasteiger partial charge < -0.3 is 4.74 Å². The molecule has 19 heavy (non-hydrogen) atoms. The summed E-state index contributed by atoms with van der Waals surface area (Å²) in [5.41, 5.74) is 3.34. The Morgan fingerprint density at radius 3 is 3.16 bits per heavy atom. The predicted octanol–water partition coefficient (Wildman–Crippen LogP) is 2.11. The van der Waals surface area contributed by atoms with Gasteiger partial charge in [0.25, 0.3) is 5.78 Å². The van der Waals surface area contributed by atoms with E-state index >= 15 is 0 Å². The maximum atomic E-state index is 5.72. The highest BCUT2D eigenvalue weighted by molar-refractivity contribution is 5.64. The summed E-state index contributed by atoms with van der Waals surface area (Å²) < 4.78 is 7.47. The second-order valence-corrected chi connectivity index (χ2v) is 4.76. The molecule has 3 aromatic rings. The summed E-state index contributed by atoms with van der Waals surface area (Å²) in [5.74, 6) is 1.60. The Morgan fingerprint density at radius 1 is 1.26 bits per heavy atom. The van der Waals surface area contributed by atoms with Crippen LogP contribution < -0.4 is 4.74 Å². The smallest absolute Gasteiger partial charge is 0.252 e. The number of aromatic nitrogens is 4. The van der Waals surface area contributed by atoms with Gasteiger partial charge in [0.2, 0.25) is 0 Å². The molecule has 1 atom stereocenters. The summed E-state index contributed by atoms with van der Waals surface area (Å²) >= 11 is 0. The average molecular weight is 252 g/mol. The normalized spacial score (nSPS) is 17.4. The lowest BCUT2D eigenvalue weighted by Gasteiger charge is -2.06. The van der Waals surface area contributed by atoms with Gasteiger partial charge in [-0.1, -0.05) is 0 Å². The maximum Gasteiger partial charge on any atom is 0.252 e. The molecule has 5 nitrogen and oxygen atoms in total. The first-order valence-electron chi connectivity index (χ1n) is 6.26. The molecule has 5 heteroatoms. The van der Waals surface area contributed by atoms with Gasteiger partial charge in [-0.15, -0.1) is 0 Å². The van der Waals surface area contributed by atoms with E-state index in [1.165, 1.54) is 11.9 Å². The molecular formula is C14H12N4O. The van der Waals surface area contributed by atoms with E-state index in [1.54, 1.807) is 10.7 Å². The van der Waals surface area contributed by atoms with Crippen LogP contribution in [0.3, 0.4) is 0 Å². The highest BCUT2D eigenvalue weighted by atomic mass is 16.5. The quantitative estimate of drug-likeness (QED) is 0.665. The van der Waals surface area contributed by atoms with E-state index in [-0.39, 0.29) is 6.10 Å². The van der Waals surface area contributed by atoms with Crippen molar-refractivity contribution in [1.82, 2.24) is 19.6 Å². The zero-order valence-corrected chi connectivity index (χ0v) is 10.4. The van der Waals surface area contributed by atoms with Gasteiger partial charge in [-0.05, 0) is 36.8 Å². The number of benzene rings is 1. The summed E-state index contributed by atoms with van der Waals surface area (Å²) in [5, 5.41) is 4.22. The lowest BCUT2D eigenvalue weighted by molar-refractivity contribution is 0.254. The molecule has 0 unspecified atom stereocenters. The SMILES string of the molecule is C[C@@H]1Cc2cc(-c3ccnc4ncnn34)ccc2O1. The highest BCUT2D eigenvalue weighted by Gasteiger charge is 2.19. The Labute approximate surface area is 109 Å². The van der Waals surface area contributed by atoms with Crippen molar-refractivity contribution < 1.29 is 4.74 Å². The van der Waals surface area contributed by atoms with Crippen LogP contribution in [0.5, 0.6) is 5.75 Å². The van der Waals surface area contributed by atoms with Crippen LogP contribution in [0, 0.1) is 0 Å². The van der Waals surface area contributed by atoms with E-state index in [9.17, 15) is 0 Å². The van der Waals surface area contributed by atoms with Crippen molar-refractivity contribution in [3.05, 3.63) is 42.4 Å². The molecule has 1 aromatic carbocycles. The van der Waals surface area contributed by atoms with Gasteiger partial charge in [0, 0.05) is 18.2 Å². The van der Waals surface area contributed by atoms with Crippen LogP contribution in [-0.4, -0.2) is 25.7 Å². The zero-order valence-electron chi connectivity index (χ0n) is 10.4. The summed E-state index contributed by atoms with van der Waals surface area (Å²) in [6.07, 6.45) is 4.49. The van der Waals surface area contributed by atoms with E-state index < -0.39 is 0 Å². The van der Waals surface area contributed by atoms with Crippen molar-refractivity contribution >= 4 is 5.78 Å². The fourth-order valence-corrected chi connectivity index (χ4v) is 2.54. The molecule has 3 heterocycles. The minimum atomic E-state index is 0.258. The van der Waals surface area contributed by atoms with Gasteiger partial charge in [-0.25, -0.2) is 4.98 Å². The Bertz CT molecular complexity index is 765. The van der Waals surface area contributed by atoms with Crippen LogP contribution in [0.1, 0.15) is 12.5 Å². The Kier molecular flexibility index (Phi) is 2.09. The average Bonchev–Trinajstić information content (AvgIpc) is 3.01. The monoisotopic (exact) mass is 252 g/mol. The van der Waals surface area contributed by atoms with Crippen LogP contribution in [0.25, 0.3) is 17.0 Å². The molecule has 1 aliphatic rings. The molecule has 94 valence electrons. The zero-order chi connectivity index (χ0) is 12.8. The van der Waals surface area contributed by atoms with E-state index in [1.807, 2.05) is 18.2 Å². The summed E-state index contributed by atoms with van der Waals surface area (Å²) in [4.78, 5) is 8.28. The number of nitrogens with zero attached hydrogens (tertiary/aromatic N) is 4. The molecule has 0 fully saturated rings. The molecular weight excluding hydrogens is 240 g/mol. The van der Waals surface area contributed by atoms with Crippen molar-refractivity contribution in [1.29, 1.82) is 0 Å². The van der Waals surface area contributed by atoms with Crippen molar-refractivity contribution in [3.63, 3.8) is 0 Å². The van der Waals surface area contributed by atoms with Gasteiger partial charge in [-0.2, -0.15) is 14.6 Å². The second kappa shape index (κ2) is 3.78. The van der Waals surface area contributed by atoms with E-state index in [0.29, 0.717) is 5.78 Å². The Hall–Kier alpha value is -2.43. The van der Waals surface area contributed by atoms with E-state index in [0.717, 1.165) is 23.4 Å². The standard InChI is InChI=1S/C14H12N4O/c1-9-6-11-7-10(2-3-13(11)19-9)12-4-5-15-14-16-8-17-18(12)14/h2-5,7-9H,6H2,1H3/t9-/m1/s1. The molecule has 2 aromatic heterocycles. The first-order chi connectivity index (χ1) is 9.31. The molecule has 0 amide bonds. The topological polar surface area (TPSA) is 52.3 Å². The van der Waals surface area contributed by atoms with Crippen LogP contribution >= 0.6 is 0 Å². The van der Waals surface area contributed by atoms with Crippen molar-refractivity contribution in [3.8, 4) is 17.0 Å². The summed E-state index contributed by atoms with van der Waals surface area (Å²) in [6, 6.07) is 8.18. The third-order valence-corrected chi connectivity index (χ3v) is 3.37. The molecule has 0 saturated carbocycles. The molecule has 0 aliphatic carbocycles. The lowest BCUT2D eigenvalue weighted by atomic mass is 10.0. The number of hydrogen-bond acceptors (Lipinski definition) is 4. The third-order valence-electron chi connectivity index (χ3n) is 3.37. The van der Waals surface area contributed by atoms with Crippen molar-refractivity contribution in [2.45, 2.75) is 19.4 Å². The molecule has 0 saturated heterocycles. The Balaban J connectivity index is 1.89. The van der Waals surface area contributed by atoms with Crippen molar-refractivity contribution in [2.24, 2.45) is 0 Å². The number of fused-ring (bicyclic) bond motifs is 2. The van der Waals surface area contributed by atoms with Crippen LogP contribution in [-0.2, 0) is 6.42 Å². The maximum absolute atomic E-state index is 5.72. The fraction of sp³-hybridized carbons (Fsp3) is 0.214. The van der Waals surface area contributed by atoms with E-state index in [4.69, 9.17) is 4.74 Å². The molecule has 0 radical (unpaired) electrons. The first-order valence-corrected chi connectivity index (χ1v) is 6.26. The predicted molar refractivity (Wildman–Crippen MR) is 70.0 cm³/mol. The second-order valence-electron chi connectivity index (χ2n) is 4.76. The van der Waals surface area contributed by atoms with E-state index in [2.05, 4.69) is 28.1 Å². The minimum Gasteiger partial charge on any atom is -0.490 e. The van der Waals surface area contributed by atoms with Crippen molar-refractivity contribution in [2.75, 3.05) is 0 Å². The largest absolute Gasteiger partial charge is 0.490 e. The lowest BCUT2D eigenvalue weighted by Crippen LogP contribution is -2.05. The van der Waals surface area contributed by atoms with Gasteiger partial charge in [0.1, 0.15) is 18.2 Å². The molecule has 0 N–H and O–H groups in total. The number of rotatable bonds is 1. The highest BCUT2D eigenvalue weighted by Crippen LogP contribution is 2.32. The van der Waals surface area contributed by atoms with Crippen LogP contribution in [0.15, 0.2) is 36.8 Å².